The normalized spacial score (nSPS) is 22.4. The topological polar surface area (TPSA) is 138 Å². The molecule has 0 bridgehead atoms. The van der Waals surface area contributed by atoms with Crippen molar-refractivity contribution in [3.05, 3.63) is 66.1 Å². The van der Waals surface area contributed by atoms with Gasteiger partial charge in [-0.05, 0) is 48.7 Å². The fourth-order valence-corrected chi connectivity index (χ4v) is 5.77. The van der Waals surface area contributed by atoms with E-state index >= 15 is 8.78 Å². The van der Waals surface area contributed by atoms with E-state index in [-0.39, 0.29) is 17.2 Å². The number of halogens is 2. The molecule has 12 heteroatoms. The van der Waals surface area contributed by atoms with Crippen molar-refractivity contribution < 1.29 is 18.6 Å². The van der Waals surface area contributed by atoms with Crippen LogP contribution >= 0.6 is 0 Å². The summed E-state index contributed by atoms with van der Waals surface area (Å²) in [5, 5.41) is 27.9. The highest BCUT2D eigenvalue weighted by molar-refractivity contribution is 5.74. The first kappa shape index (κ1) is 27.0. The second-order valence-corrected chi connectivity index (χ2v) is 10.8. The Morgan fingerprint density at radius 3 is 2.61 bits per heavy atom. The number of aromatic nitrogens is 4. The number of aliphatic hydroxyl groups excluding tert-OH is 1. The monoisotopic (exact) mass is 560 g/mol. The summed E-state index contributed by atoms with van der Waals surface area (Å²) < 4.78 is 37.8. The summed E-state index contributed by atoms with van der Waals surface area (Å²) in [6, 6.07) is 9.39. The van der Waals surface area contributed by atoms with Crippen LogP contribution in [0.2, 0.25) is 0 Å². The third kappa shape index (κ3) is 4.86. The van der Waals surface area contributed by atoms with Gasteiger partial charge in [-0.2, -0.15) is 14.9 Å². The zero-order chi connectivity index (χ0) is 28.7. The second-order valence-electron chi connectivity index (χ2n) is 10.8. The molecule has 41 heavy (non-hydrogen) atoms. The van der Waals surface area contributed by atoms with Crippen molar-refractivity contribution in [3.63, 3.8) is 0 Å². The molecule has 2 saturated heterocycles. The predicted octanol–water partition coefficient (Wildman–Crippen LogP) is 3.53. The highest BCUT2D eigenvalue weighted by atomic mass is 19.1. The van der Waals surface area contributed by atoms with Gasteiger partial charge in [-0.1, -0.05) is 6.92 Å². The summed E-state index contributed by atoms with van der Waals surface area (Å²) in [7, 11) is 0. The van der Waals surface area contributed by atoms with Crippen LogP contribution in [0.25, 0.3) is 16.8 Å². The fraction of sp³-hybridized carbons (Fsp3) is 0.379. The average Bonchev–Trinajstić information content (AvgIpc) is 3.37. The van der Waals surface area contributed by atoms with Crippen LogP contribution in [0, 0.1) is 28.9 Å². The molecule has 3 atom stereocenters. The first-order chi connectivity index (χ1) is 19.8. The molecule has 1 aromatic carbocycles. The van der Waals surface area contributed by atoms with Crippen LogP contribution in [-0.2, 0) is 10.2 Å². The predicted molar refractivity (Wildman–Crippen MR) is 149 cm³/mol. The van der Waals surface area contributed by atoms with Crippen LogP contribution in [0.1, 0.15) is 25.3 Å². The minimum absolute atomic E-state index is 0.0260. The van der Waals surface area contributed by atoms with Gasteiger partial charge in [0, 0.05) is 44.5 Å². The maximum absolute atomic E-state index is 15.5. The minimum Gasteiger partial charge on any atom is -0.391 e. The van der Waals surface area contributed by atoms with Gasteiger partial charge in [-0.25, -0.2) is 13.8 Å². The zero-order valence-corrected chi connectivity index (χ0v) is 22.5. The van der Waals surface area contributed by atoms with Gasteiger partial charge in [0.2, 0.25) is 5.95 Å². The first-order valence-electron chi connectivity index (χ1n) is 13.5. The van der Waals surface area contributed by atoms with Gasteiger partial charge in [0.15, 0.2) is 0 Å². The number of nitrogens with one attached hydrogen (secondary N) is 1. The molecule has 5 heterocycles. The molecule has 212 valence electrons. The van der Waals surface area contributed by atoms with E-state index in [1.807, 2.05) is 13.0 Å². The average molecular weight is 561 g/mol. The van der Waals surface area contributed by atoms with Gasteiger partial charge in [0.1, 0.15) is 11.6 Å². The number of rotatable bonds is 5. The molecule has 10 nitrogen and oxygen atoms in total. The largest absolute Gasteiger partial charge is 0.391 e. The summed E-state index contributed by atoms with van der Waals surface area (Å²) >= 11 is 0. The molecule has 0 aliphatic carbocycles. The smallest absolute Gasteiger partial charge is 0.229 e. The van der Waals surface area contributed by atoms with Crippen LogP contribution in [-0.4, -0.2) is 63.1 Å². The summed E-state index contributed by atoms with van der Waals surface area (Å²) in [6.07, 6.45) is 5.08. The summed E-state index contributed by atoms with van der Waals surface area (Å²) in [4.78, 5) is 10.8. The number of aliphatic hydroxyl groups is 1. The van der Waals surface area contributed by atoms with Gasteiger partial charge < -0.3 is 25.8 Å². The van der Waals surface area contributed by atoms with Gasteiger partial charge in [-0.15, -0.1) is 0 Å². The van der Waals surface area contributed by atoms with Crippen LogP contribution in [0.5, 0.6) is 0 Å². The van der Waals surface area contributed by atoms with Crippen LogP contribution in [0.3, 0.4) is 0 Å². The fourth-order valence-electron chi connectivity index (χ4n) is 5.77. The molecule has 2 aliphatic heterocycles. The van der Waals surface area contributed by atoms with E-state index in [9.17, 15) is 10.4 Å². The van der Waals surface area contributed by atoms with Crippen LogP contribution in [0.4, 0.5) is 26.1 Å². The number of hydrogen-bond acceptors (Lipinski definition) is 9. The Balaban J connectivity index is 1.34. The van der Waals surface area contributed by atoms with Gasteiger partial charge in [0.25, 0.3) is 0 Å². The van der Waals surface area contributed by atoms with Crippen molar-refractivity contribution in [3.8, 4) is 17.3 Å². The van der Waals surface area contributed by atoms with Crippen LogP contribution < -0.4 is 16.0 Å². The van der Waals surface area contributed by atoms with Crippen molar-refractivity contribution in [1.82, 2.24) is 19.6 Å². The lowest BCUT2D eigenvalue weighted by molar-refractivity contribution is 0.0674. The number of nitrogens with zero attached hydrogens (tertiary/aromatic N) is 6. The van der Waals surface area contributed by atoms with Crippen molar-refractivity contribution in [2.24, 2.45) is 11.7 Å². The van der Waals surface area contributed by atoms with E-state index in [0.717, 1.165) is 5.69 Å². The molecule has 0 saturated carbocycles. The Bertz CT molecular complexity index is 1600. The lowest BCUT2D eigenvalue weighted by atomic mass is 9.75. The molecule has 0 amide bonds. The van der Waals surface area contributed by atoms with Crippen molar-refractivity contribution >= 4 is 22.8 Å². The highest BCUT2D eigenvalue weighted by Gasteiger charge is 2.36. The number of nitriles is 1. The number of anilines is 3. The van der Waals surface area contributed by atoms with E-state index < -0.39 is 29.2 Å². The third-order valence-corrected chi connectivity index (χ3v) is 8.14. The Morgan fingerprint density at radius 2 is 1.90 bits per heavy atom. The second kappa shape index (κ2) is 10.7. The summed E-state index contributed by atoms with van der Waals surface area (Å²) in [5.74, 6) is -1.29. The van der Waals surface area contributed by atoms with E-state index in [4.69, 9.17) is 10.5 Å². The number of piperidine rings is 1. The van der Waals surface area contributed by atoms with Crippen molar-refractivity contribution in [2.45, 2.75) is 37.3 Å². The van der Waals surface area contributed by atoms with Crippen molar-refractivity contribution in [1.29, 1.82) is 5.26 Å². The number of imidazole rings is 1. The molecular weight excluding hydrogens is 530 g/mol. The molecule has 6 rings (SSSR count). The molecular formula is C29H30F2N8O2. The molecule has 2 fully saturated rings. The number of benzene rings is 1. The van der Waals surface area contributed by atoms with E-state index in [1.165, 1.54) is 22.7 Å². The van der Waals surface area contributed by atoms with Gasteiger partial charge >= 0.3 is 0 Å². The van der Waals surface area contributed by atoms with Crippen LogP contribution in [0.15, 0.2) is 48.9 Å². The summed E-state index contributed by atoms with van der Waals surface area (Å²) in [6.45, 7) is 3.73. The van der Waals surface area contributed by atoms with Gasteiger partial charge in [0.05, 0.1) is 58.1 Å². The molecule has 2 aliphatic rings. The highest BCUT2D eigenvalue weighted by Crippen LogP contribution is 2.38. The number of hydrogen-bond donors (Lipinski definition) is 3. The van der Waals surface area contributed by atoms with E-state index in [0.29, 0.717) is 61.9 Å². The van der Waals surface area contributed by atoms with E-state index in [2.05, 4.69) is 31.4 Å². The first-order valence-corrected chi connectivity index (χ1v) is 13.5. The number of ether oxygens (including phenoxy) is 1. The Morgan fingerprint density at radius 1 is 1.15 bits per heavy atom. The molecule has 4 N–H and O–H groups in total. The molecule has 4 aromatic rings. The lowest BCUT2D eigenvalue weighted by Crippen LogP contribution is -2.55. The standard InChI is InChI=1S/C29H30F2N8O2/c1-17-14-38(15-22(33)27(17)40)25-4-7-34-13-24(25)36-28-35-12-19-2-3-23(37-39(19)28)26-20(30)10-18(11-21(26)31)29(16-32)5-8-41-9-6-29/h2-4,7,10-13,17,22,27,40H,5-6,8-9,14-15,33H2,1H3,(H,35,36)/t17-,22+,27+/m0/s1. The minimum atomic E-state index is -0.993. The lowest BCUT2D eigenvalue weighted by Gasteiger charge is -2.40. The molecule has 0 radical (unpaired) electrons. The Hall–Kier alpha value is -4.18. The zero-order valence-electron chi connectivity index (χ0n) is 22.5. The summed E-state index contributed by atoms with van der Waals surface area (Å²) in [5.41, 5.74) is 7.37. The van der Waals surface area contributed by atoms with Crippen molar-refractivity contribution in [2.75, 3.05) is 36.5 Å². The number of nitrogens with two attached hydrogens (primary N) is 1. The quantitative estimate of drug-likeness (QED) is 0.335. The maximum atomic E-state index is 15.5. The Kier molecular flexibility index (Phi) is 7.03. The van der Waals surface area contributed by atoms with Gasteiger partial charge in [-0.3, -0.25) is 4.98 Å². The number of fused-ring (bicyclic) bond motifs is 1. The third-order valence-electron chi connectivity index (χ3n) is 8.14. The maximum Gasteiger partial charge on any atom is 0.229 e. The Labute approximate surface area is 235 Å². The van der Waals surface area contributed by atoms with E-state index in [1.54, 1.807) is 24.7 Å². The molecule has 3 aromatic heterocycles. The molecule has 0 spiro atoms. The molecule has 0 unspecified atom stereocenters. The number of pyridine rings is 1. The SMILES string of the molecule is C[C@H]1CN(c2ccncc2Nc2ncc3ccc(-c4c(F)cc(C5(C#N)CCOCC5)cc4F)nn23)C[C@@H](N)[C@@H]1O.